The predicted molar refractivity (Wildman–Crippen MR) is 95.0 cm³/mol. The number of piperazine rings is 1. The van der Waals surface area contributed by atoms with Gasteiger partial charge in [-0.05, 0) is 32.6 Å². The zero-order valence-corrected chi connectivity index (χ0v) is 15.7. The van der Waals surface area contributed by atoms with Crippen LogP contribution in [0, 0.1) is 12.8 Å². The van der Waals surface area contributed by atoms with E-state index < -0.39 is 0 Å². The minimum atomic E-state index is 0.125. The maximum atomic E-state index is 12.4. The van der Waals surface area contributed by atoms with Crippen molar-refractivity contribution in [2.75, 3.05) is 32.7 Å². The number of hydrogen-bond acceptors (Lipinski definition) is 6. The van der Waals surface area contributed by atoms with Crippen LogP contribution in [-0.4, -0.2) is 64.6 Å². The average molecular weight is 349 g/mol. The summed E-state index contributed by atoms with van der Waals surface area (Å²) in [6.45, 7) is 10.3. The molecule has 25 heavy (non-hydrogen) atoms. The first-order valence-electron chi connectivity index (χ1n) is 9.59. The molecule has 1 aromatic heterocycles. The van der Waals surface area contributed by atoms with E-state index in [2.05, 4.69) is 39.1 Å². The van der Waals surface area contributed by atoms with Gasteiger partial charge in [-0.25, -0.2) is 0 Å². The van der Waals surface area contributed by atoms with Crippen molar-refractivity contribution in [3.8, 4) is 0 Å². The molecule has 0 bridgehead atoms. The summed E-state index contributed by atoms with van der Waals surface area (Å²) in [5.41, 5.74) is 0. The number of carbonyl (C=O) groups excluding carboxylic acids is 1. The van der Waals surface area contributed by atoms with E-state index in [1.54, 1.807) is 0 Å². The van der Waals surface area contributed by atoms with Gasteiger partial charge in [0.25, 0.3) is 0 Å². The van der Waals surface area contributed by atoms with Gasteiger partial charge in [0.15, 0.2) is 5.82 Å². The van der Waals surface area contributed by atoms with Crippen LogP contribution in [0.25, 0.3) is 0 Å². The number of aryl methyl sites for hydroxylation is 1. The smallest absolute Gasteiger partial charge is 0.243 e. The Bertz CT molecular complexity index is 568. The highest BCUT2D eigenvalue weighted by Crippen LogP contribution is 2.24. The summed E-state index contributed by atoms with van der Waals surface area (Å²) in [6, 6.07) is 0.489. The van der Waals surface area contributed by atoms with Crippen molar-refractivity contribution in [3.05, 3.63) is 11.7 Å². The monoisotopic (exact) mass is 349 g/mol. The molecule has 3 atom stereocenters. The lowest BCUT2D eigenvalue weighted by molar-refractivity contribution is -0.124. The van der Waals surface area contributed by atoms with E-state index in [4.69, 9.17) is 4.52 Å². The van der Waals surface area contributed by atoms with Crippen LogP contribution < -0.4 is 5.32 Å². The summed E-state index contributed by atoms with van der Waals surface area (Å²) < 4.78 is 5.28. The molecule has 0 spiro atoms. The van der Waals surface area contributed by atoms with E-state index in [-0.39, 0.29) is 11.9 Å². The van der Waals surface area contributed by atoms with Crippen molar-refractivity contribution < 1.29 is 9.32 Å². The SMILES string of the molecule is Cc1noc(C(C)N2CCN(CC(=O)NC3CCCCC3C)CC2)n1. The first-order chi connectivity index (χ1) is 12.0. The molecule has 2 aliphatic rings. The highest BCUT2D eigenvalue weighted by molar-refractivity contribution is 5.78. The molecule has 2 fully saturated rings. The molecule has 0 radical (unpaired) electrons. The van der Waals surface area contributed by atoms with Crippen molar-refractivity contribution in [1.29, 1.82) is 0 Å². The van der Waals surface area contributed by atoms with Gasteiger partial charge in [0.1, 0.15) is 0 Å². The molecule has 1 saturated carbocycles. The Morgan fingerprint density at radius 3 is 2.64 bits per heavy atom. The van der Waals surface area contributed by atoms with Crippen LogP contribution in [-0.2, 0) is 4.79 Å². The highest BCUT2D eigenvalue weighted by atomic mass is 16.5. The minimum Gasteiger partial charge on any atom is -0.352 e. The lowest BCUT2D eigenvalue weighted by Crippen LogP contribution is -2.51. The van der Waals surface area contributed by atoms with Crippen LogP contribution in [0.3, 0.4) is 0 Å². The molecule has 7 nitrogen and oxygen atoms in total. The van der Waals surface area contributed by atoms with Crippen molar-refractivity contribution in [3.63, 3.8) is 0 Å². The summed E-state index contributed by atoms with van der Waals surface area (Å²) in [4.78, 5) is 21.3. The molecule has 1 aromatic rings. The second-order valence-electron chi connectivity index (χ2n) is 7.60. The lowest BCUT2D eigenvalue weighted by Gasteiger charge is -2.37. The third-order valence-electron chi connectivity index (χ3n) is 5.68. The Hall–Kier alpha value is -1.47. The quantitative estimate of drug-likeness (QED) is 0.873. The fourth-order valence-electron chi connectivity index (χ4n) is 3.93. The van der Waals surface area contributed by atoms with Crippen molar-refractivity contribution in [2.45, 2.75) is 58.5 Å². The third-order valence-corrected chi connectivity index (χ3v) is 5.68. The standard InChI is InChI=1S/C18H31N5O2/c1-13-6-4-5-7-16(13)20-17(24)12-22-8-10-23(11-9-22)14(2)18-19-15(3)21-25-18/h13-14,16H,4-12H2,1-3H3,(H,20,24). The second kappa shape index (κ2) is 8.27. The third kappa shape index (κ3) is 4.79. The van der Waals surface area contributed by atoms with Gasteiger partial charge in [0.05, 0.1) is 12.6 Å². The van der Waals surface area contributed by atoms with Crippen molar-refractivity contribution >= 4 is 5.91 Å². The summed E-state index contributed by atoms with van der Waals surface area (Å²) in [7, 11) is 0. The largest absolute Gasteiger partial charge is 0.352 e. The lowest BCUT2D eigenvalue weighted by atomic mass is 9.86. The molecular weight excluding hydrogens is 318 g/mol. The topological polar surface area (TPSA) is 74.5 Å². The number of rotatable bonds is 5. The molecule has 1 saturated heterocycles. The van der Waals surface area contributed by atoms with Gasteiger partial charge in [0, 0.05) is 32.2 Å². The van der Waals surface area contributed by atoms with E-state index in [0.717, 1.165) is 32.6 Å². The Labute approximate surface area is 150 Å². The number of aromatic nitrogens is 2. The van der Waals surface area contributed by atoms with Crippen LogP contribution in [0.15, 0.2) is 4.52 Å². The van der Waals surface area contributed by atoms with Crippen LogP contribution in [0.4, 0.5) is 0 Å². The molecule has 3 rings (SSSR count). The first kappa shape index (κ1) is 18.3. The van der Waals surface area contributed by atoms with Crippen LogP contribution in [0.1, 0.15) is 57.3 Å². The fraction of sp³-hybridized carbons (Fsp3) is 0.833. The highest BCUT2D eigenvalue weighted by Gasteiger charge is 2.27. The normalized spacial score (nSPS) is 27.2. The Kier molecular flexibility index (Phi) is 6.06. The number of nitrogens with zero attached hydrogens (tertiary/aromatic N) is 4. The molecule has 7 heteroatoms. The Morgan fingerprint density at radius 2 is 2.00 bits per heavy atom. The van der Waals surface area contributed by atoms with Crippen LogP contribution in [0.5, 0.6) is 0 Å². The summed E-state index contributed by atoms with van der Waals surface area (Å²) in [5, 5.41) is 7.12. The molecule has 1 aliphatic carbocycles. The van der Waals surface area contributed by atoms with E-state index in [1.165, 1.54) is 19.3 Å². The van der Waals surface area contributed by atoms with E-state index in [9.17, 15) is 4.79 Å². The van der Waals surface area contributed by atoms with E-state index in [0.29, 0.717) is 30.2 Å². The van der Waals surface area contributed by atoms with Crippen molar-refractivity contribution in [2.24, 2.45) is 5.92 Å². The predicted octanol–water partition coefficient (Wildman–Crippen LogP) is 1.75. The maximum absolute atomic E-state index is 12.4. The van der Waals surface area contributed by atoms with E-state index in [1.807, 2.05) is 6.92 Å². The summed E-state index contributed by atoms with van der Waals surface area (Å²) in [5.74, 6) is 2.13. The minimum absolute atomic E-state index is 0.125. The molecule has 1 N–H and O–H groups in total. The fourth-order valence-corrected chi connectivity index (χ4v) is 3.93. The summed E-state index contributed by atoms with van der Waals surface area (Å²) in [6.07, 6.45) is 4.90. The van der Waals surface area contributed by atoms with Crippen molar-refractivity contribution in [1.82, 2.24) is 25.3 Å². The molecule has 2 heterocycles. The number of hydrogen-bond donors (Lipinski definition) is 1. The number of nitrogens with one attached hydrogen (secondary N) is 1. The first-order valence-corrected chi connectivity index (χ1v) is 9.59. The van der Waals surface area contributed by atoms with Gasteiger partial charge in [-0.1, -0.05) is 24.9 Å². The zero-order valence-electron chi connectivity index (χ0n) is 15.7. The van der Waals surface area contributed by atoms with Crippen LogP contribution >= 0.6 is 0 Å². The van der Waals surface area contributed by atoms with Gasteiger partial charge in [0.2, 0.25) is 11.8 Å². The molecule has 1 aliphatic heterocycles. The van der Waals surface area contributed by atoms with Crippen LogP contribution in [0.2, 0.25) is 0 Å². The molecule has 0 aromatic carbocycles. The molecule has 140 valence electrons. The Morgan fingerprint density at radius 1 is 1.28 bits per heavy atom. The van der Waals surface area contributed by atoms with Gasteiger partial charge >= 0.3 is 0 Å². The second-order valence-corrected chi connectivity index (χ2v) is 7.60. The molecule has 3 unspecified atom stereocenters. The molecule has 1 amide bonds. The average Bonchev–Trinajstić information content (AvgIpc) is 3.03. The van der Waals surface area contributed by atoms with Gasteiger partial charge in [-0.15, -0.1) is 0 Å². The zero-order chi connectivity index (χ0) is 17.8. The van der Waals surface area contributed by atoms with Gasteiger partial charge in [-0.3, -0.25) is 14.6 Å². The van der Waals surface area contributed by atoms with Gasteiger partial charge in [-0.2, -0.15) is 4.98 Å². The van der Waals surface area contributed by atoms with E-state index >= 15 is 0 Å². The summed E-state index contributed by atoms with van der Waals surface area (Å²) >= 11 is 0. The number of carbonyl (C=O) groups is 1. The molecular formula is C18H31N5O2. The maximum Gasteiger partial charge on any atom is 0.243 e. The number of amides is 1. The van der Waals surface area contributed by atoms with Gasteiger partial charge < -0.3 is 9.84 Å². The Balaban J connectivity index is 1.42.